The third-order valence-corrected chi connectivity index (χ3v) is 4.59. The van der Waals surface area contributed by atoms with Gasteiger partial charge in [-0.3, -0.25) is 0 Å². The highest BCUT2D eigenvalue weighted by Crippen LogP contribution is 2.41. The van der Waals surface area contributed by atoms with Gasteiger partial charge >= 0.3 is 0 Å². The first kappa shape index (κ1) is 11.1. The van der Waals surface area contributed by atoms with E-state index in [2.05, 4.69) is 60.2 Å². The van der Waals surface area contributed by atoms with Gasteiger partial charge in [-0.05, 0) is 18.2 Å². The van der Waals surface area contributed by atoms with Gasteiger partial charge in [0.2, 0.25) is 5.69 Å². The Morgan fingerprint density at radius 1 is 0.905 bits per heavy atom. The molecule has 0 spiro atoms. The summed E-state index contributed by atoms with van der Waals surface area (Å²) in [4.78, 5) is 0. The summed E-state index contributed by atoms with van der Waals surface area (Å²) in [5.74, 6) is 0. The number of fused-ring (bicyclic) bond motifs is 7. The van der Waals surface area contributed by atoms with Crippen LogP contribution in [0.2, 0.25) is 0 Å². The van der Waals surface area contributed by atoms with Crippen molar-refractivity contribution < 1.29 is 8.98 Å². The number of furan rings is 1. The number of benzene rings is 2. The standard InChI is InChI=1S/C19H14NO/c1-12-13-9-10-15-14-6-2-3-8-17(14)21-19(15)18(13)16-7-4-5-11-20(12)16/h2-12H,1H3/q+1. The van der Waals surface area contributed by atoms with E-state index in [1.54, 1.807) is 0 Å². The molecule has 2 nitrogen and oxygen atoms in total. The van der Waals surface area contributed by atoms with E-state index >= 15 is 0 Å². The molecule has 0 amide bonds. The Labute approximate surface area is 122 Å². The van der Waals surface area contributed by atoms with Crippen LogP contribution >= 0.6 is 0 Å². The summed E-state index contributed by atoms with van der Waals surface area (Å²) in [7, 11) is 0. The van der Waals surface area contributed by atoms with Gasteiger partial charge in [-0.15, -0.1) is 0 Å². The normalized spacial score (nSPS) is 16.3. The molecule has 1 aliphatic heterocycles. The van der Waals surface area contributed by atoms with Crippen LogP contribution in [0.5, 0.6) is 0 Å². The van der Waals surface area contributed by atoms with Gasteiger partial charge in [0.1, 0.15) is 11.2 Å². The summed E-state index contributed by atoms with van der Waals surface area (Å²) in [6.07, 6.45) is 2.15. The lowest BCUT2D eigenvalue weighted by atomic mass is 10.0. The molecular formula is C19H14NO+. The lowest BCUT2D eigenvalue weighted by molar-refractivity contribution is -0.694. The second-order valence-electron chi connectivity index (χ2n) is 5.67. The highest BCUT2D eigenvalue weighted by Gasteiger charge is 2.35. The molecule has 2 heteroatoms. The lowest BCUT2D eigenvalue weighted by Gasteiger charge is -1.99. The molecular weight excluding hydrogens is 258 g/mol. The Kier molecular flexibility index (Phi) is 1.97. The van der Waals surface area contributed by atoms with E-state index in [-0.39, 0.29) is 0 Å². The predicted molar refractivity (Wildman–Crippen MR) is 83.2 cm³/mol. The molecule has 2 aromatic heterocycles. The summed E-state index contributed by atoms with van der Waals surface area (Å²) in [6.45, 7) is 2.24. The van der Waals surface area contributed by atoms with E-state index in [9.17, 15) is 0 Å². The molecule has 1 atom stereocenters. The largest absolute Gasteiger partial charge is 0.455 e. The molecule has 21 heavy (non-hydrogen) atoms. The molecule has 1 unspecified atom stereocenters. The van der Waals surface area contributed by atoms with Crippen molar-refractivity contribution in [2.45, 2.75) is 13.0 Å². The van der Waals surface area contributed by atoms with Gasteiger partial charge < -0.3 is 4.42 Å². The summed E-state index contributed by atoms with van der Waals surface area (Å²) < 4.78 is 8.50. The topological polar surface area (TPSA) is 17.0 Å². The molecule has 5 rings (SSSR count). The Balaban J connectivity index is 2.00. The van der Waals surface area contributed by atoms with Crippen molar-refractivity contribution in [1.82, 2.24) is 0 Å². The molecule has 0 N–H and O–H groups in total. The fraction of sp³-hybridized carbons (Fsp3) is 0.105. The Morgan fingerprint density at radius 3 is 2.71 bits per heavy atom. The smallest absolute Gasteiger partial charge is 0.217 e. The van der Waals surface area contributed by atoms with E-state index in [1.807, 2.05) is 12.1 Å². The van der Waals surface area contributed by atoms with Crippen LogP contribution in [-0.4, -0.2) is 0 Å². The summed E-state index contributed by atoms with van der Waals surface area (Å²) >= 11 is 0. The van der Waals surface area contributed by atoms with Gasteiger partial charge in [-0.2, -0.15) is 4.57 Å². The summed E-state index contributed by atoms with van der Waals surface area (Å²) in [6, 6.07) is 19.4. The molecule has 0 bridgehead atoms. The van der Waals surface area contributed by atoms with Crippen molar-refractivity contribution in [1.29, 1.82) is 0 Å². The Hall–Kier alpha value is -2.61. The monoisotopic (exact) mass is 272 g/mol. The first-order valence-electron chi connectivity index (χ1n) is 7.29. The quantitative estimate of drug-likeness (QED) is 0.432. The number of hydrogen-bond acceptors (Lipinski definition) is 1. The highest BCUT2D eigenvalue weighted by atomic mass is 16.3. The van der Waals surface area contributed by atoms with E-state index in [0.717, 1.165) is 11.2 Å². The second kappa shape index (κ2) is 3.73. The van der Waals surface area contributed by atoms with Crippen LogP contribution in [0.25, 0.3) is 33.2 Å². The number of rotatable bonds is 0. The minimum absolute atomic E-state index is 0.355. The van der Waals surface area contributed by atoms with Crippen LogP contribution in [0.15, 0.2) is 65.2 Å². The minimum Gasteiger partial charge on any atom is -0.455 e. The van der Waals surface area contributed by atoms with Crippen LogP contribution in [0, 0.1) is 0 Å². The van der Waals surface area contributed by atoms with Crippen molar-refractivity contribution in [3.8, 4) is 11.3 Å². The number of hydrogen-bond donors (Lipinski definition) is 0. The Morgan fingerprint density at radius 2 is 1.76 bits per heavy atom. The third kappa shape index (κ3) is 1.30. The first-order chi connectivity index (χ1) is 10.3. The number of nitrogens with zero attached hydrogens (tertiary/aromatic N) is 1. The number of pyridine rings is 1. The molecule has 3 heterocycles. The van der Waals surface area contributed by atoms with Gasteiger partial charge in [0.15, 0.2) is 12.2 Å². The average molecular weight is 272 g/mol. The maximum absolute atomic E-state index is 6.19. The van der Waals surface area contributed by atoms with Crippen LogP contribution in [0.1, 0.15) is 18.5 Å². The maximum atomic E-state index is 6.19. The van der Waals surface area contributed by atoms with Crippen LogP contribution in [0.3, 0.4) is 0 Å². The fourth-order valence-electron chi connectivity index (χ4n) is 3.57. The maximum Gasteiger partial charge on any atom is 0.217 e. The summed E-state index contributed by atoms with van der Waals surface area (Å²) in [5, 5.41) is 2.39. The summed E-state index contributed by atoms with van der Waals surface area (Å²) in [5.41, 5.74) is 5.80. The van der Waals surface area contributed by atoms with E-state index in [0.29, 0.717) is 6.04 Å². The van der Waals surface area contributed by atoms with Gasteiger partial charge in [-0.25, -0.2) is 0 Å². The van der Waals surface area contributed by atoms with Crippen LogP contribution < -0.4 is 4.57 Å². The number of para-hydroxylation sites is 1. The molecule has 0 radical (unpaired) electrons. The molecule has 0 aliphatic carbocycles. The van der Waals surface area contributed by atoms with Gasteiger partial charge in [0.05, 0.1) is 5.56 Å². The zero-order valence-electron chi connectivity index (χ0n) is 11.7. The van der Waals surface area contributed by atoms with Crippen LogP contribution in [-0.2, 0) is 0 Å². The minimum atomic E-state index is 0.355. The molecule has 0 saturated heterocycles. The zero-order valence-corrected chi connectivity index (χ0v) is 11.7. The molecule has 2 aromatic carbocycles. The fourth-order valence-corrected chi connectivity index (χ4v) is 3.57. The SMILES string of the molecule is CC1c2ccc3c(oc4ccccc43)c2-c2cccc[n+]21. The lowest BCUT2D eigenvalue weighted by Crippen LogP contribution is -2.35. The van der Waals surface area contributed by atoms with E-state index in [1.165, 1.54) is 27.6 Å². The van der Waals surface area contributed by atoms with E-state index < -0.39 is 0 Å². The van der Waals surface area contributed by atoms with Gasteiger partial charge in [-0.1, -0.05) is 24.3 Å². The third-order valence-electron chi connectivity index (χ3n) is 4.59. The molecule has 1 aliphatic rings. The first-order valence-corrected chi connectivity index (χ1v) is 7.29. The van der Waals surface area contributed by atoms with E-state index in [4.69, 9.17) is 4.42 Å². The average Bonchev–Trinajstić information content (AvgIpc) is 3.04. The highest BCUT2D eigenvalue weighted by molar-refractivity contribution is 6.09. The molecule has 0 saturated carbocycles. The van der Waals surface area contributed by atoms with Gasteiger partial charge in [0, 0.05) is 35.4 Å². The predicted octanol–water partition coefficient (Wildman–Crippen LogP) is 4.46. The van der Waals surface area contributed by atoms with Crippen molar-refractivity contribution in [2.24, 2.45) is 0 Å². The van der Waals surface area contributed by atoms with Crippen molar-refractivity contribution >= 4 is 21.9 Å². The van der Waals surface area contributed by atoms with Crippen molar-refractivity contribution in [2.75, 3.05) is 0 Å². The number of aromatic nitrogens is 1. The van der Waals surface area contributed by atoms with Crippen LogP contribution in [0.4, 0.5) is 0 Å². The van der Waals surface area contributed by atoms with Gasteiger partial charge in [0.25, 0.3) is 0 Å². The molecule has 100 valence electrons. The van der Waals surface area contributed by atoms with Crippen molar-refractivity contribution in [3.63, 3.8) is 0 Å². The molecule has 4 aromatic rings. The second-order valence-corrected chi connectivity index (χ2v) is 5.67. The van der Waals surface area contributed by atoms with Crippen molar-refractivity contribution in [3.05, 3.63) is 66.4 Å². The zero-order chi connectivity index (χ0) is 14.0. The Bertz CT molecular complexity index is 1010. The molecule has 0 fully saturated rings.